The van der Waals surface area contributed by atoms with Crippen LogP contribution < -0.4 is 10.2 Å². The minimum Gasteiger partial charge on any atom is -0.497 e. The van der Waals surface area contributed by atoms with Crippen molar-refractivity contribution >= 4 is 16.9 Å². The normalized spacial score (nSPS) is 15.2. The number of nitrogens with zero attached hydrogens (tertiary/aromatic N) is 1. The van der Waals surface area contributed by atoms with Gasteiger partial charge in [0.25, 0.3) is 5.91 Å². The van der Waals surface area contributed by atoms with Crippen molar-refractivity contribution in [2.45, 2.75) is 33.4 Å². The van der Waals surface area contributed by atoms with Crippen molar-refractivity contribution < 1.29 is 13.9 Å². The fourth-order valence-electron chi connectivity index (χ4n) is 4.66. The van der Waals surface area contributed by atoms with Crippen LogP contribution in [0.4, 0.5) is 0 Å². The molecule has 1 amide bonds. The molecule has 1 unspecified atom stereocenters. The highest BCUT2D eigenvalue weighted by Crippen LogP contribution is 2.40. The maximum absolute atomic E-state index is 13.8. The topological polar surface area (TPSA) is 59.8 Å². The van der Waals surface area contributed by atoms with E-state index in [9.17, 15) is 9.59 Å². The van der Waals surface area contributed by atoms with E-state index in [1.165, 1.54) is 0 Å². The number of hydrogen-bond donors (Lipinski definition) is 0. The first-order chi connectivity index (χ1) is 15.9. The molecule has 166 valence electrons. The number of aryl methyl sites for hydroxylation is 3. The average molecular weight is 440 g/mol. The number of carbonyl (C=O) groups is 1. The molecule has 2 heterocycles. The van der Waals surface area contributed by atoms with Gasteiger partial charge in [-0.15, -0.1) is 0 Å². The number of ether oxygens (including phenoxy) is 1. The van der Waals surface area contributed by atoms with Crippen LogP contribution in [0.3, 0.4) is 0 Å². The summed E-state index contributed by atoms with van der Waals surface area (Å²) in [5.41, 5.74) is 5.52. The SMILES string of the molecule is COc1ccc(C2c3c(oc4c(C)cc(C)cc4c3=O)C(=O)N2Cc2ccc(C)cc2)cc1. The summed E-state index contributed by atoms with van der Waals surface area (Å²) in [7, 11) is 1.61. The first kappa shape index (κ1) is 21.0. The minimum atomic E-state index is -0.541. The van der Waals surface area contributed by atoms with Gasteiger partial charge in [-0.2, -0.15) is 0 Å². The molecule has 0 saturated carbocycles. The monoisotopic (exact) mass is 439 g/mol. The lowest BCUT2D eigenvalue weighted by Crippen LogP contribution is -2.29. The second kappa shape index (κ2) is 7.93. The number of amides is 1. The molecule has 1 aliphatic heterocycles. The van der Waals surface area contributed by atoms with Gasteiger partial charge in [-0.3, -0.25) is 9.59 Å². The summed E-state index contributed by atoms with van der Waals surface area (Å²) in [4.78, 5) is 29.1. The smallest absolute Gasteiger partial charge is 0.291 e. The Morgan fingerprint density at radius 2 is 1.61 bits per heavy atom. The van der Waals surface area contributed by atoms with Crippen LogP contribution in [0.15, 0.2) is 69.9 Å². The summed E-state index contributed by atoms with van der Waals surface area (Å²) < 4.78 is 11.5. The fourth-order valence-corrected chi connectivity index (χ4v) is 4.66. The van der Waals surface area contributed by atoms with Crippen LogP contribution in [0.5, 0.6) is 5.75 Å². The third-order valence-corrected chi connectivity index (χ3v) is 6.30. The van der Waals surface area contributed by atoms with E-state index in [4.69, 9.17) is 9.15 Å². The largest absolute Gasteiger partial charge is 0.497 e. The zero-order valence-corrected chi connectivity index (χ0v) is 19.1. The molecule has 33 heavy (non-hydrogen) atoms. The summed E-state index contributed by atoms with van der Waals surface area (Å²) in [5.74, 6) is 0.572. The standard InChI is InChI=1S/C28H25NO4/c1-16-5-7-19(8-6-16)15-29-24(20-9-11-21(32-4)12-10-20)23-25(30)22-14-17(2)13-18(3)26(22)33-27(23)28(29)31/h5-14,24H,15H2,1-4H3. The lowest BCUT2D eigenvalue weighted by atomic mass is 9.97. The van der Waals surface area contributed by atoms with Crippen LogP contribution >= 0.6 is 0 Å². The molecule has 0 aliphatic carbocycles. The molecule has 5 rings (SSSR count). The summed E-state index contributed by atoms with van der Waals surface area (Å²) in [6.45, 7) is 6.25. The quantitative estimate of drug-likeness (QED) is 0.423. The Balaban J connectivity index is 1.73. The van der Waals surface area contributed by atoms with Crippen LogP contribution in [0, 0.1) is 20.8 Å². The maximum Gasteiger partial charge on any atom is 0.291 e. The van der Waals surface area contributed by atoms with E-state index in [1.54, 1.807) is 12.0 Å². The van der Waals surface area contributed by atoms with Gasteiger partial charge in [-0.25, -0.2) is 0 Å². The molecule has 0 saturated heterocycles. The predicted octanol–water partition coefficient (Wildman–Crippen LogP) is 5.47. The molecule has 0 fully saturated rings. The van der Waals surface area contributed by atoms with Gasteiger partial charge in [0, 0.05) is 6.54 Å². The molecule has 0 spiro atoms. The zero-order valence-electron chi connectivity index (χ0n) is 19.1. The molecule has 1 aliphatic rings. The number of benzene rings is 3. The molecule has 1 aromatic heterocycles. The van der Waals surface area contributed by atoms with E-state index >= 15 is 0 Å². The Labute approximate surface area is 192 Å². The molecule has 0 bridgehead atoms. The Morgan fingerprint density at radius 3 is 2.27 bits per heavy atom. The zero-order chi connectivity index (χ0) is 23.3. The summed E-state index contributed by atoms with van der Waals surface area (Å²) in [5, 5.41) is 0.509. The van der Waals surface area contributed by atoms with Crippen molar-refractivity contribution in [3.63, 3.8) is 0 Å². The molecule has 1 atom stereocenters. The highest BCUT2D eigenvalue weighted by Gasteiger charge is 2.42. The van der Waals surface area contributed by atoms with E-state index in [0.29, 0.717) is 28.8 Å². The molecular formula is C28H25NO4. The van der Waals surface area contributed by atoms with E-state index in [1.807, 2.05) is 81.4 Å². The van der Waals surface area contributed by atoms with Crippen LogP contribution in [-0.4, -0.2) is 17.9 Å². The van der Waals surface area contributed by atoms with Gasteiger partial charge >= 0.3 is 0 Å². The Bertz CT molecular complexity index is 1430. The van der Waals surface area contributed by atoms with E-state index in [-0.39, 0.29) is 17.1 Å². The van der Waals surface area contributed by atoms with Crippen LogP contribution in [-0.2, 0) is 6.54 Å². The van der Waals surface area contributed by atoms with Gasteiger partial charge in [0.1, 0.15) is 11.3 Å². The third-order valence-electron chi connectivity index (χ3n) is 6.30. The fraction of sp³-hybridized carbons (Fsp3) is 0.214. The van der Waals surface area contributed by atoms with Crippen LogP contribution in [0.25, 0.3) is 11.0 Å². The van der Waals surface area contributed by atoms with E-state index in [2.05, 4.69) is 0 Å². The molecule has 4 aromatic rings. The Hall–Kier alpha value is -3.86. The number of fused-ring (bicyclic) bond motifs is 2. The van der Waals surface area contributed by atoms with Crippen molar-refractivity contribution in [2.75, 3.05) is 7.11 Å². The first-order valence-electron chi connectivity index (χ1n) is 11.0. The van der Waals surface area contributed by atoms with Crippen molar-refractivity contribution in [3.8, 4) is 5.75 Å². The second-order valence-electron chi connectivity index (χ2n) is 8.73. The van der Waals surface area contributed by atoms with Crippen molar-refractivity contribution in [1.82, 2.24) is 4.90 Å². The van der Waals surface area contributed by atoms with Crippen LogP contribution in [0.1, 0.15) is 50.0 Å². The molecule has 5 heteroatoms. The lowest BCUT2D eigenvalue weighted by Gasteiger charge is -2.25. The van der Waals surface area contributed by atoms with Gasteiger partial charge in [-0.1, -0.05) is 48.0 Å². The molecule has 0 N–H and O–H groups in total. The molecule has 5 nitrogen and oxygen atoms in total. The van der Waals surface area contributed by atoms with Gasteiger partial charge in [-0.05, 0) is 61.2 Å². The predicted molar refractivity (Wildman–Crippen MR) is 128 cm³/mol. The summed E-state index contributed by atoms with van der Waals surface area (Å²) >= 11 is 0. The minimum absolute atomic E-state index is 0.132. The van der Waals surface area contributed by atoms with Gasteiger partial charge in [0.15, 0.2) is 5.43 Å². The highest BCUT2D eigenvalue weighted by atomic mass is 16.5. The molecule has 3 aromatic carbocycles. The average Bonchev–Trinajstić information content (AvgIpc) is 3.08. The maximum atomic E-state index is 13.8. The Kier molecular flexibility index (Phi) is 5.05. The van der Waals surface area contributed by atoms with Gasteiger partial charge < -0.3 is 14.1 Å². The number of rotatable bonds is 4. The Morgan fingerprint density at radius 1 is 0.909 bits per heavy atom. The molecular weight excluding hydrogens is 414 g/mol. The van der Waals surface area contributed by atoms with Gasteiger partial charge in [0.2, 0.25) is 5.76 Å². The third kappa shape index (κ3) is 3.50. The van der Waals surface area contributed by atoms with Crippen molar-refractivity contribution in [2.24, 2.45) is 0 Å². The number of hydrogen-bond acceptors (Lipinski definition) is 4. The number of methoxy groups -OCH3 is 1. The lowest BCUT2D eigenvalue weighted by molar-refractivity contribution is 0.0714. The summed E-state index contributed by atoms with van der Waals surface area (Å²) in [6, 6.07) is 18.8. The van der Waals surface area contributed by atoms with E-state index < -0.39 is 6.04 Å². The van der Waals surface area contributed by atoms with Crippen molar-refractivity contribution in [1.29, 1.82) is 0 Å². The molecule has 0 radical (unpaired) electrons. The first-order valence-corrected chi connectivity index (χ1v) is 11.0. The summed E-state index contributed by atoms with van der Waals surface area (Å²) in [6.07, 6.45) is 0. The second-order valence-corrected chi connectivity index (χ2v) is 8.73. The van der Waals surface area contributed by atoms with Crippen molar-refractivity contribution in [3.05, 3.63) is 110 Å². The van der Waals surface area contributed by atoms with Crippen LogP contribution in [0.2, 0.25) is 0 Å². The highest BCUT2D eigenvalue weighted by molar-refractivity contribution is 5.99. The van der Waals surface area contributed by atoms with Gasteiger partial charge in [0.05, 0.1) is 24.1 Å². The van der Waals surface area contributed by atoms with E-state index in [0.717, 1.165) is 27.8 Å². The number of carbonyl (C=O) groups excluding carboxylic acids is 1.